The number of nitrogens with zero attached hydrogens (tertiary/aromatic N) is 4. The molecule has 0 atom stereocenters. The third-order valence-corrected chi connectivity index (χ3v) is 5.69. The van der Waals surface area contributed by atoms with Crippen molar-refractivity contribution in [2.75, 3.05) is 31.6 Å². The first-order valence-corrected chi connectivity index (χ1v) is 9.69. The molecular formula is C21H26N4O2. The highest BCUT2D eigenvalue weighted by atomic mass is 16.5. The summed E-state index contributed by atoms with van der Waals surface area (Å²) in [6.45, 7) is 3.44. The van der Waals surface area contributed by atoms with E-state index in [9.17, 15) is 4.79 Å². The number of hydrogen-bond acceptors (Lipinski definition) is 5. The van der Waals surface area contributed by atoms with E-state index in [1.807, 2.05) is 11.0 Å². The van der Waals surface area contributed by atoms with Crippen LogP contribution in [-0.4, -0.2) is 47.5 Å². The molecule has 0 spiro atoms. The number of aromatic nitrogens is 2. The Bertz CT molecular complexity index is 802. The van der Waals surface area contributed by atoms with Gasteiger partial charge in [-0.1, -0.05) is 24.3 Å². The Morgan fingerprint density at radius 2 is 1.93 bits per heavy atom. The Labute approximate surface area is 160 Å². The van der Waals surface area contributed by atoms with E-state index >= 15 is 0 Å². The van der Waals surface area contributed by atoms with Crippen molar-refractivity contribution in [3.05, 3.63) is 47.7 Å². The molecule has 1 aromatic carbocycles. The normalized spacial score (nSPS) is 17.5. The van der Waals surface area contributed by atoms with E-state index in [1.165, 1.54) is 11.1 Å². The summed E-state index contributed by atoms with van der Waals surface area (Å²) < 4.78 is 5.11. The van der Waals surface area contributed by atoms with Crippen molar-refractivity contribution in [1.29, 1.82) is 0 Å². The molecule has 0 saturated carbocycles. The average Bonchev–Trinajstić information content (AvgIpc) is 2.74. The summed E-state index contributed by atoms with van der Waals surface area (Å²) in [5.74, 6) is 1.65. The van der Waals surface area contributed by atoms with Gasteiger partial charge in [-0.05, 0) is 42.4 Å². The maximum Gasteiger partial charge on any atom is 0.318 e. The fraction of sp³-hybridized carbons (Fsp3) is 0.476. The van der Waals surface area contributed by atoms with Crippen molar-refractivity contribution >= 4 is 11.7 Å². The molecule has 6 heteroatoms. The second-order valence-electron chi connectivity index (χ2n) is 7.37. The Balaban J connectivity index is 1.30. The molecule has 0 radical (unpaired) electrons. The van der Waals surface area contributed by atoms with E-state index < -0.39 is 0 Å². The highest BCUT2D eigenvalue weighted by Gasteiger charge is 2.26. The van der Waals surface area contributed by atoms with Gasteiger partial charge in [-0.2, -0.15) is 4.98 Å². The van der Waals surface area contributed by atoms with Crippen LogP contribution < -0.4 is 9.64 Å². The van der Waals surface area contributed by atoms with Gasteiger partial charge in [-0.15, -0.1) is 0 Å². The van der Waals surface area contributed by atoms with Gasteiger partial charge < -0.3 is 14.5 Å². The number of carbonyl (C=O) groups is 1. The van der Waals surface area contributed by atoms with Gasteiger partial charge in [0.25, 0.3) is 0 Å². The summed E-state index contributed by atoms with van der Waals surface area (Å²) in [6.07, 6.45) is 5.38. The van der Waals surface area contributed by atoms with Gasteiger partial charge in [0.15, 0.2) is 0 Å². The zero-order valence-electron chi connectivity index (χ0n) is 15.8. The van der Waals surface area contributed by atoms with Gasteiger partial charge in [0, 0.05) is 38.8 Å². The summed E-state index contributed by atoms with van der Waals surface area (Å²) in [7, 11) is 1.58. The minimum atomic E-state index is 0.298. The smallest absolute Gasteiger partial charge is 0.318 e. The second-order valence-corrected chi connectivity index (χ2v) is 7.37. The SMILES string of the molecule is COc1nccc(N2CCC(CC(=O)N3CCc4ccccc4C3)CC2)n1. The number of anilines is 1. The first-order chi connectivity index (χ1) is 13.2. The molecule has 0 N–H and O–H groups in total. The lowest BCUT2D eigenvalue weighted by Gasteiger charge is -2.34. The zero-order valence-corrected chi connectivity index (χ0v) is 15.8. The number of amides is 1. The summed E-state index contributed by atoms with van der Waals surface area (Å²) in [5, 5.41) is 0. The van der Waals surface area contributed by atoms with E-state index in [1.54, 1.807) is 13.3 Å². The zero-order chi connectivity index (χ0) is 18.6. The summed E-state index contributed by atoms with van der Waals surface area (Å²) in [4.78, 5) is 25.5. The Morgan fingerprint density at radius 3 is 2.70 bits per heavy atom. The van der Waals surface area contributed by atoms with Crippen molar-refractivity contribution in [2.24, 2.45) is 5.92 Å². The predicted molar refractivity (Wildman–Crippen MR) is 104 cm³/mol. The first kappa shape index (κ1) is 17.8. The molecule has 1 saturated heterocycles. The molecular weight excluding hydrogens is 340 g/mol. The van der Waals surface area contributed by atoms with Crippen molar-refractivity contribution in [3.8, 4) is 6.01 Å². The molecule has 1 amide bonds. The molecule has 4 rings (SSSR count). The van der Waals surface area contributed by atoms with Gasteiger partial charge in [-0.25, -0.2) is 4.98 Å². The van der Waals surface area contributed by atoms with Crippen molar-refractivity contribution in [3.63, 3.8) is 0 Å². The third-order valence-electron chi connectivity index (χ3n) is 5.69. The summed E-state index contributed by atoms with van der Waals surface area (Å²) in [6, 6.07) is 10.8. The van der Waals surface area contributed by atoms with Crippen LogP contribution in [0, 0.1) is 5.92 Å². The van der Waals surface area contributed by atoms with Gasteiger partial charge in [0.2, 0.25) is 5.91 Å². The molecule has 3 heterocycles. The molecule has 142 valence electrons. The number of hydrogen-bond donors (Lipinski definition) is 0. The van der Waals surface area contributed by atoms with E-state index in [0.717, 1.165) is 51.3 Å². The Hall–Kier alpha value is -2.63. The van der Waals surface area contributed by atoms with Gasteiger partial charge in [0.1, 0.15) is 5.82 Å². The molecule has 0 aliphatic carbocycles. The molecule has 6 nitrogen and oxygen atoms in total. The van der Waals surface area contributed by atoms with Crippen LogP contribution in [0.4, 0.5) is 5.82 Å². The quantitative estimate of drug-likeness (QED) is 0.833. The standard InChI is InChI=1S/C21H26N4O2/c1-27-21-22-10-6-19(23-21)24-11-7-16(8-12-24)14-20(26)25-13-9-17-4-2-3-5-18(17)15-25/h2-6,10,16H,7-9,11-15H2,1H3. The largest absolute Gasteiger partial charge is 0.467 e. The lowest BCUT2D eigenvalue weighted by molar-refractivity contribution is -0.133. The molecule has 1 aromatic heterocycles. The van der Waals surface area contributed by atoms with Gasteiger partial charge >= 0.3 is 6.01 Å². The first-order valence-electron chi connectivity index (χ1n) is 9.69. The fourth-order valence-corrected chi connectivity index (χ4v) is 4.06. The fourth-order valence-electron chi connectivity index (χ4n) is 4.06. The van der Waals surface area contributed by atoms with E-state index in [0.29, 0.717) is 24.3 Å². The molecule has 0 bridgehead atoms. The Morgan fingerprint density at radius 1 is 1.15 bits per heavy atom. The van der Waals surface area contributed by atoms with Gasteiger partial charge in [0.05, 0.1) is 7.11 Å². The molecule has 27 heavy (non-hydrogen) atoms. The van der Waals surface area contributed by atoms with Crippen LogP contribution in [-0.2, 0) is 17.8 Å². The number of methoxy groups -OCH3 is 1. The minimum Gasteiger partial charge on any atom is -0.467 e. The maximum absolute atomic E-state index is 12.8. The van der Waals surface area contributed by atoms with E-state index in [2.05, 4.69) is 39.1 Å². The summed E-state index contributed by atoms with van der Waals surface area (Å²) in [5.41, 5.74) is 2.68. The van der Waals surface area contributed by atoms with E-state index in [4.69, 9.17) is 4.74 Å². The molecule has 2 aliphatic heterocycles. The number of rotatable bonds is 4. The summed E-state index contributed by atoms with van der Waals surface area (Å²) >= 11 is 0. The third kappa shape index (κ3) is 4.04. The van der Waals surface area contributed by atoms with Crippen molar-refractivity contribution in [2.45, 2.75) is 32.2 Å². The lowest BCUT2D eigenvalue weighted by atomic mass is 9.92. The van der Waals surface area contributed by atoms with Crippen LogP contribution >= 0.6 is 0 Å². The number of carbonyl (C=O) groups excluding carboxylic acids is 1. The topological polar surface area (TPSA) is 58.6 Å². The molecule has 0 unspecified atom stereocenters. The van der Waals surface area contributed by atoms with Crippen molar-refractivity contribution < 1.29 is 9.53 Å². The average molecular weight is 366 g/mol. The highest BCUT2D eigenvalue weighted by molar-refractivity contribution is 5.76. The van der Waals surface area contributed by atoms with Crippen LogP contribution in [0.25, 0.3) is 0 Å². The van der Waals surface area contributed by atoms with Crippen LogP contribution in [0.15, 0.2) is 36.5 Å². The van der Waals surface area contributed by atoms with Crippen LogP contribution in [0.1, 0.15) is 30.4 Å². The monoisotopic (exact) mass is 366 g/mol. The Kier molecular flexibility index (Phi) is 5.23. The predicted octanol–water partition coefficient (Wildman–Crippen LogP) is 2.68. The van der Waals surface area contributed by atoms with Gasteiger partial charge in [-0.3, -0.25) is 4.79 Å². The number of fused-ring (bicyclic) bond motifs is 1. The van der Waals surface area contributed by atoms with Crippen molar-refractivity contribution in [1.82, 2.24) is 14.9 Å². The number of benzene rings is 1. The maximum atomic E-state index is 12.8. The van der Waals surface area contributed by atoms with Crippen LogP contribution in [0.3, 0.4) is 0 Å². The lowest BCUT2D eigenvalue weighted by Crippen LogP contribution is -2.39. The number of ether oxygens (including phenoxy) is 1. The highest BCUT2D eigenvalue weighted by Crippen LogP contribution is 2.26. The molecule has 2 aliphatic rings. The van der Waals surface area contributed by atoms with Crippen LogP contribution in [0.5, 0.6) is 6.01 Å². The van der Waals surface area contributed by atoms with Crippen LogP contribution in [0.2, 0.25) is 0 Å². The number of piperidine rings is 1. The molecule has 1 fully saturated rings. The second kappa shape index (κ2) is 7.94. The minimum absolute atomic E-state index is 0.298. The molecule has 2 aromatic rings. The van der Waals surface area contributed by atoms with E-state index in [-0.39, 0.29) is 0 Å².